The molecule has 6 heteroatoms. The molecule has 0 spiro atoms. The molecule has 0 aromatic carbocycles. The van der Waals surface area contributed by atoms with Gasteiger partial charge in [-0.2, -0.15) is 0 Å². The number of hydrogen-bond acceptors (Lipinski definition) is 2. The number of alkyl halides is 3. The average molecular weight is 361 g/mol. The minimum absolute atomic E-state index is 0.0237. The first kappa shape index (κ1) is 17.1. The number of carbonyl (C=O) groups is 1. The van der Waals surface area contributed by atoms with Gasteiger partial charge in [0.2, 0.25) is 0 Å². The van der Waals surface area contributed by atoms with E-state index in [0.29, 0.717) is 0 Å². The second-order valence-corrected chi connectivity index (χ2v) is 20.5. The van der Waals surface area contributed by atoms with Crippen LogP contribution < -0.4 is 0 Å². The third-order valence-electron chi connectivity index (χ3n) is 3.21. The van der Waals surface area contributed by atoms with Crippen molar-refractivity contribution in [2.45, 2.75) is 59.5 Å². The van der Waals surface area contributed by atoms with E-state index in [1.54, 1.807) is 0 Å². The Balaban J connectivity index is 5.28. The predicted octanol–water partition coefficient (Wildman–Crippen LogP) is 4.27. The van der Waals surface area contributed by atoms with Gasteiger partial charge >= 0.3 is 105 Å². The monoisotopic (exact) mass is 362 g/mol. The van der Waals surface area contributed by atoms with Crippen LogP contribution in [-0.2, 0) is 7.87 Å². The van der Waals surface area contributed by atoms with E-state index in [1.807, 2.05) is 41.5 Å². The Morgan fingerprint density at radius 3 is 1.41 bits per heavy atom. The van der Waals surface area contributed by atoms with Crippen molar-refractivity contribution in [1.29, 1.82) is 0 Å². The molecule has 0 radical (unpaired) electrons. The SMILES string of the molecule is C[CH](C)[Sn]([O]C(=O)C(F)(F)F)([CH](C)C)[CH](C)C. The Kier molecular flexibility index (Phi) is 5.82. The quantitative estimate of drug-likeness (QED) is 0.700. The maximum atomic E-state index is 12.3. The summed E-state index contributed by atoms with van der Waals surface area (Å²) < 4.78 is 42.1. The molecule has 0 aromatic heterocycles. The van der Waals surface area contributed by atoms with E-state index >= 15 is 0 Å². The zero-order valence-electron chi connectivity index (χ0n) is 11.2. The van der Waals surface area contributed by atoms with Gasteiger partial charge in [0.15, 0.2) is 0 Å². The van der Waals surface area contributed by atoms with Crippen LogP contribution in [0.25, 0.3) is 0 Å². The van der Waals surface area contributed by atoms with Gasteiger partial charge in [-0.15, -0.1) is 0 Å². The summed E-state index contributed by atoms with van der Waals surface area (Å²) in [5, 5.41) is 0. The molecule has 0 amide bonds. The Bertz CT molecular complexity index is 251. The summed E-state index contributed by atoms with van der Waals surface area (Å²) in [6.07, 6.45) is -4.89. The average Bonchev–Trinajstić information content (AvgIpc) is 2.09. The third kappa shape index (κ3) is 3.76. The van der Waals surface area contributed by atoms with Crippen LogP contribution in [0.5, 0.6) is 0 Å². The van der Waals surface area contributed by atoms with Gasteiger partial charge in [0.25, 0.3) is 0 Å². The van der Waals surface area contributed by atoms with E-state index in [-0.39, 0.29) is 11.8 Å². The molecule has 0 saturated heterocycles. The minimum atomic E-state index is -4.89. The van der Waals surface area contributed by atoms with E-state index in [4.69, 9.17) is 3.07 Å². The summed E-state index contributed by atoms with van der Waals surface area (Å²) in [5.41, 5.74) is 0. The van der Waals surface area contributed by atoms with Crippen LogP contribution in [0.2, 0.25) is 11.8 Å². The second kappa shape index (κ2) is 5.80. The van der Waals surface area contributed by atoms with Crippen molar-refractivity contribution in [3.8, 4) is 0 Å². The van der Waals surface area contributed by atoms with Crippen LogP contribution in [-0.4, -0.2) is 30.9 Å². The summed E-state index contributed by atoms with van der Waals surface area (Å²) in [7, 11) is 0. The number of carbonyl (C=O) groups excluding carboxylic acids is 1. The molecule has 0 saturated carbocycles. The van der Waals surface area contributed by atoms with Gasteiger partial charge in [-0.05, 0) is 0 Å². The van der Waals surface area contributed by atoms with Gasteiger partial charge in [0, 0.05) is 0 Å². The number of halogens is 3. The standard InChI is InChI=1S/3C3H7.C2HF3O2.Sn/c3*1-3-2;3-2(4,5)1(6)7;/h3*3H,1-2H3;(H,6,7);/q;;;;+1/p-1. The Morgan fingerprint density at radius 2 is 1.24 bits per heavy atom. The molecule has 0 aliphatic heterocycles. The molecular formula is C11H21F3O2Sn. The normalized spacial score (nSPS) is 13.6. The second-order valence-electron chi connectivity index (χ2n) is 5.20. The predicted molar refractivity (Wildman–Crippen MR) is 63.2 cm³/mol. The van der Waals surface area contributed by atoms with E-state index in [0.717, 1.165) is 0 Å². The van der Waals surface area contributed by atoms with Crippen molar-refractivity contribution in [1.82, 2.24) is 0 Å². The molecule has 0 aliphatic rings. The topological polar surface area (TPSA) is 26.3 Å². The van der Waals surface area contributed by atoms with Crippen molar-refractivity contribution < 1.29 is 21.0 Å². The van der Waals surface area contributed by atoms with Crippen molar-refractivity contribution >= 4 is 24.8 Å². The Morgan fingerprint density at radius 1 is 0.941 bits per heavy atom. The Labute approximate surface area is 105 Å². The molecule has 0 heterocycles. The van der Waals surface area contributed by atoms with Gasteiger partial charge in [0.1, 0.15) is 0 Å². The van der Waals surface area contributed by atoms with Crippen LogP contribution in [0.3, 0.4) is 0 Å². The molecule has 0 aliphatic carbocycles. The molecule has 0 atom stereocenters. The van der Waals surface area contributed by atoms with Gasteiger partial charge < -0.3 is 0 Å². The van der Waals surface area contributed by atoms with Crippen LogP contribution in [0.1, 0.15) is 41.5 Å². The summed E-state index contributed by atoms with van der Waals surface area (Å²) in [6, 6.07) is 0. The van der Waals surface area contributed by atoms with Crippen LogP contribution in [0, 0.1) is 0 Å². The molecule has 2 nitrogen and oxygen atoms in total. The van der Waals surface area contributed by atoms with Crippen molar-refractivity contribution in [2.24, 2.45) is 0 Å². The molecular weight excluding hydrogens is 340 g/mol. The van der Waals surface area contributed by atoms with Crippen LogP contribution >= 0.6 is 0 Å². The van der Waals surface area contributed by atoms with Crippen molar-refractivity contribution in [3.63, 3.8) is 0 Å². The molecule has 0 rings (SSSR count). The van der Waals surface area contributed by atoms with E-state index in [9.17, 15) is 18.0 Å². The summed E-state index contributed by atoms with van der Waals surface area (Å²) >= 11 is -3.63. The zero-order chi connectivity index (χ0) is 14.0. The zero-order valence-corrected chi connectivity index (χ0v) is 14.0. The van der Waals surface area contributed by atoms with Crippen molar-refractivity contribution in [2.75, 3.05) is 0 Å². The summed E-state index contributed by atoms with van der Waals surface area (Å²) in [4.78, 5) is 11.1. The van der Waals surface area contributed by atoms with Gasteiger partial charge in [-0.1, -0.05) is 0 Å². The molecule has 0 N–H and O–H groups in total. The van der Waals surface area contributed by atoms with Gasteiger partial charge in [-0.3, -0.25) is 0 Å². The Hall–Kier alpha value is 0.0587. The van der Waals surface area contributed by atoms with E-state index in [1.165, 1.54) is 0 Å². The fourth-order valence-electron chi connectivity index (χ4n) is 2.57. The molecule has 0 aromatic rings. The fraction of sp³-hybridized carbons (Fsp3) is 0.909. The first-order valence-electron chi connectivity index (χ1n) is 5.76. The summed E-state index contributed by atoms with van der Waals surface area (Å²) in [6.45, 7) is 11.2. The first-order chi connectivity index (χ1) is 7.46. The van der Waals surface area contributed by atoms with Crippen molar-refractivity contribution in [3.05, 3.63) is 0 Å². The molecule has 0 bridgehead atoms. The number of hydrogen-bond donors (Lipinski definition) is 0. The maximum absolute atomic E-state index is 12.3. The van der Waals surface area contributed by atoms with Gasteiger partial charge in [0.05, 0.1) is 0 Å². The fourth-order valence-corrected chi connectivity index (χ4v) is 17.3. The van der Waals surface area contributed by atoms with Crippen LogP contribution in [0.4, 0.5) is 13.2 Å². The summed E-state index contributed by atoms with van der Waals surface area (Å²) in [5.74, 6) is -2.01. The van der Waals surface area contributed by atoms with E-state index < -0.39 is 30.9 Å². The molecule has 17 heavy (non-hydrogen) atoms. The third-order valence-corrected chi connectivity index (χ3v) is 20.2. The molecule has 102 valence electrons. The first-order valence-corrected chi connectivity index (χ1v) is 11.9. The van der Waals surface area contributed by atoms with E-state index in [2.05, 4.69) is 0 Å². The molecule has 0 unspecified atom stereocenters. The van der Waals surface area contributed by atoms with Gasteiger partial charge in [-0.25, -0.2) is 0 Å². The van der Waals surface area contributed by atoms with Crippen LogP contribution in [0.15, 0.2) is 0 Å². The number of rotatable bonds is 4. The molecule has 0 fully saturated rings.